The van der Waals surface area contributed by atoms with E-state index >= 15 is 0 Å². The molecule has 0 aromatic heterocycles. The van der Waals surface area contributed by atoms with E-state index in [1.54, 1.807) is 12.1 Å². The van der Waals surface area contributed by atoms with Gasteiger partial charge in [-0.25, -0.2) is 4.39 Å². The molecule has 2 aliphatic carbocycles. The summed E-state index contributed by atoms with van der Waals surface area (Å²) >= 11 is 12.3. The molecule has 110 valence electrons. The lowest BCUT2D eigenvalue weighted by Gasteiger charge is -2.53. The normalized spacial score (nSPS) is 28.8. The van der Waals surface area contributed by atoms with Gasteiger partial charge in [-0.1, -0.05) is 37.3 Å². The summed E-state index contributed by atoms with van der Waals surface area (Å²) in [4.78, 5) is 0. The standard InChI is InChI=1S/C16H19Cl2FO/c17-12-9-11(5-6-13(12)19)20-15-10-14(18)16(15)7-3-1-2-4-8-16/h5-6,9,14-15H,1-4,7-8,10H2. The fraction of sp³-hybridized carbons (Fsp3) is 0.625. The van der Waals surface area contributed by atoms with Gasteiger partial charge in [-0.3, -0.25) is 0 Å². The minimum absolute atomic E-state index is 0.110. The fourth-order valence-corrected chi connectivity index (χ4v) is 4.29. The Morgan fingerprint density at radius 3 is 2.45 bits per heavy atom. The van der Waals surface area contributed by atoms with Crippen molar-refractivity contribution in [2.45, 2.75) is 56.4 Å². The van der Waals surface area contributed by atoms with E-state index < -0.39 is 5.82 Å². The number of ether oxygens (including phenoxy) is 1. The molecular formula is C16H19Cl2FO. The highest BCUT2D eigenvalue weighted by Gasteiger charge is 2.55. The van der Waals surface area contributed by atoms with Crippen LogP contribution in [0.2, 0.25) is 5.02 Å². The van der Waals surface area contributed by atoms with E-state index in [4.69, 9.17) is 27.9 Å². The molecule has 0 bridgehead atoms. The Labute approximate surface area is 129 Å². The van der Waals surface area contributed by atoms with Crippen molar-refractivity contribution in [2.75, 3.05) is 0 Å². The van der Waals surface area contributed by atoms with Crippen molar-refractivity contribution in [3.05, 3.63) is 29.0 Å². The van der Waals surface area contributed by atoms with Gasteiger partial charge in [0.15, 0.2) is 0 Å². The topological polar surface area (TPSA) is 9.23 Å². The Morgan fingerprint density at radius 2 is 1.85 bits per heavy atom. The molecule has 2 atom stereocenters. The molecule has 0 radical (unpaired) electrons. The van der Waals surface area contributed by atoms with Gasteiger partial charge in [0.1, 0.15) is 17.7 Å². The Morgan fingerprint density at radius 1 is 1.15 bits per heavy atom. The molecular weight excluding hydrogens is 298 g/mol. The van der Waals surface area contributed by atoms with E-state index in [1.807, 2.05) is 0 Å². The maximum Gasteiger partial charge on any atom is 0.142 e. The van der Waals surface area contributed by atoms with E-state index in [0.29, 0.717) is 5.75 Å². The zero-order valence-electron chi connectivity index (χ0n) is 11.4. The van der Waals surface area contributed by atoms with Gasteiger partial charge in [-0.2, -0.15) is 0 Å². The summed E-state index contributed by atoms with van der Waals surface area (Å²) in [6, 6.07) is 4.56. The molecule has 1 aromatic carbocycles. The molecule has 2 aliphatic rings. The molecule has 0 heterocycles. The lowest BCUT2D eigenvalue weighted by molar-refractivity contribution is -0.0512. The predicted octanol–water partition coefficient (Wildman–Crippen LogP) is 5.58. The monoisotopic (exact) mass is 316 g/mol. The van der Waals surface area contributed by atoms with Gasteiger partial charge in [0.05, 0.1) is 5.02 Å². The van der Waals surface area contributed by atoms with Crippen molar-refractivity contribution in [2.24, 2.45) is 5.41 Å². The van der Waals surface area contributed by atoms with Gasteiger partial charge in [0.2, 0.25) is 0 Å². The number of halogens is 3. The average Bonchev–Trinajstić information content (AvgIpc) is 2.70. The minimum Gasteiger partial charge on any atom is -0.490 e. The van der Waals surface area contributed by atoms with Crippen LogP contribution in [0, 0.1) is 11.2 Å². The summed E-state index contributed by atoms with van der Waals surface area (Å²) in [6.45, 7) is 0. The first-order valence-electron chi connectivity index (χ1n) is 7.37. The van der Waals surface area contributed by atoms with Crippen molar-refractivity contribution in [1.29, 1.82) is 0 Å². The number of alkyl halides is 1. The third-order valence-corrected chi connectivity index (χ3v) is 5.79. The molecule has 3 rings (SSSR count). The van der Waals surface area contributed by atoms with Crippen LogP contribution in [0.4, 0.5) is 4.39 Å². The number of hydrogen-bond donors (Lipinski definition) is 0. The molecule has 2 fully saturated rings. The summed E-state index contributed by atoms with van der Waals surface area (Å²) in [6.07, 6.45) is 8.34. The van der Waals surface area contributed by atoms with Crippen LogP contribution in [0.5, 0.6) is 5.75 Å². The average molecular weight is 317 g/mol. The molecule has 0 amide bonds. The van der Waals surface area contributed by atoms with Crippen molar-refractivity contribution < 1.29 is 9.13 Å². The maximum atomic E-state index is 13.2. The Kier molecular flexibility index (Phi) is 4.14. The van der Waals surface area contributed by atoms with Gasteiger partial charge >= 0.3 is 0 Å². The lowest BCUT2D eigenvalue weighted by atomic mass is 9.61. The first-order chi connectivity index (χ1) is 9.62. The number of hydrogen-bond acceptors (Lipinski definition) is 1. The second-order valence-corrected chi connectivity index (χ2v) is 6.97. The second-order valence-electron chi connectivity index (χ2n) is 6.03. The largest absolute Gasteiger partial charge is 0.490 e. The molecule has 20 heavy (non-hydrogen) atoms. The quantitative estimate of drug-likeness (QED) is 0.647. The zero-order valence-corrected chi connectivity index (χ0v) is 12.9. The Bertz CT molecular complexity index is 483. The van der Waals surface area contributed by atoms with Crippen LogP contribution in [0.3, 0.4) is 0 Å². The fourth-order valence-electron chi connectivity index (χ4n) is 3.60. The SMILES string of the molecule is Fc1ccc(OC2CC(Cl)C23CCCCCC3)cc1Cl. The van der Waals surface area contributed by atoms with Gasteiger partial charge < -0.3 is 4.74 Å². The van der Waals surface area contributed by atoms with E-state index in [9.17, 15) is 4.39 Å². The smallest absolute Gasteiger partial charge is 0.142 e. The highest BCUT2D eigenvalue weighted by Crippen LogP contribution is 2.55. The van der Waals surface area contributed by atoms with Crippen molar-refractivity contribution >= 4 is 23.2 Å². The van der Waals surface area contributed by atoms with Crippen LogP contribution in [0.15, 0.2) is 18.2 Å². The van der Waals surface area contributed by atoms with Crippen LogP contribution in [-0.4, -0.2) is 11.5 Å². The van der Waals surface area contributed by atoms with Gasteiger partial charge in [-0.15, -0.1) is 11.6 Å². The summed E-state index contributed by atoms with van der Waals surface area (Å²) in [5.41, 5.74) is 0.110. The van der Waals surface area contributed by atoms with Crippen LogP contribution >= 0.6 is 23.2 Å². The van der Waals surface area contributed by atoms with E-state index in [1.165, 1.54) is 31.7 Å². The molecule has 2 unspecified atom stereocenters. The summed E-state index contributed by atoms with van der Waals surface area (Å²) in [5.74, 6) is 0.237. The van der Waals surface area contributed by atoms with Crippen molar-refractivity contribution in [1.82, 2.24) is 0 Å². The Hall–Kier alpha value is -0.470. The molecule has 1 spiro atoms. The van der Waals surface area contributed by atoms with Gasteiger partial charge in [0, 0.05) is 23.3 Å². The van der Waals surface area contributed by atoms with E-state index in [0.717, 1.165) is 19.3 Å². The number of benzene rings is 1. The summed E-state index contributed by atoms with van der Waals surface area (Å²) in [5, 5.41) is 0.320. The summed E-state index contributed by atoms with van der Waals surface area (Å²) < 4.78 is 19.3. The lowest BCUT2D eigenvalue weighted by Crippen LogP contribution is -2.57. The van der Waals surface area contributed by atoms with Gasteiger partial charge in [0.25, 0.3) is 0 Å². The van der Waals surface area contributed by atoms with Crippen molar-refractivity contribution in [3.8, 4) is 5.75 Å². The van der Waals surface area contributed by atoms with Crippen LogP contribution in [0.1, 0.15) is 44.9 Å². The Balaban J connectivity index is 1.75. The first kappa shape index (κ1) is 14.5. The second kappa shape index (κ2) is 5.73. The molecule has 1 nitrogen and oxygen atoms in total. The molecule has 0 saturated heterocycles. The highest BCUT2D eigenvalue weighted by atomic mass is 35.5. The first-order valence-corrected chi connectivity index (χ1v) is 8.19. The third-order valence-electron chi connectivity index (χ3n) is 4.89. The highest BCUT2D eigenvalue weighted by molar-refractivity contribution is 6.30. The van der Waals surface area contributed by atoms with E-state index in [2.05, 4.69) is 0 Å². The van der Waals surface area contributed by atoms with Crippen LogP contribution in [-0.2, 0) is 0 Å². The minimum atomic E-state index is -0.410. The van der Waals surface area contributed by atoms with Crippen LogP contribution in [0.25, 0.3) is 0 Å². The van der Waals surface area contributed by atoms with Crippen molar-refractivity contribution in [3.63, 3.8) is 0 Å². The van der Waals surface area contributed by atoms with E-state index in [-0.39, 0.29) is 21.9 Å². The molecule has 0 N–H and O–H groups in total. The maximum absolute atomic E-state index is 13.2. The molecule has 2 saturated carbocycles. The summed E-state index contributed by atoms with van der Waals surface area (Å²) in [7, 11) is 0. The van der Waals surface area contributed by atoms with Gasteiger partial charge in [-0.05, 0) is 25.0 Å². The molecule has 1 aromatic rings. The van der Waals surface area contributed by atoms with Crippen LogP contribution < -0.4 is 4.74 Å². The zero-order chi connectivity index (χ0) is 14.2. The predicted molar refractivity (Wildman–Crippen MR) is 80.2 cm³/mol. The third kappa shape index (κ3) is 2.53. The number of rotatable bonds is 2. The molecule has 4 heteroatoms. The molecule has 0 aliphatic heterocycles.